The molecule has 2 heteroatoms. The highest BCUT2D eigenvalue weighted by Crippen LogP contribution is 2.29. The summed E-state index contributed by atoms with van der Waals surface area (Å²) in [6, 6.07) is 40.4. The fourth-order valence-electron chi connectivity index (χ4n) is 3.72. The standard InChI is InChI=1S/C27H21N2/c1-4-12-22(13-5-1)25-20-26(23-14-6-2-7-15-23)29(28-18-10-11-19-28)27(21-25)24-16-8-3-9-17-24/h1-21H/q+1. The van der Waals surface area contributed by atoms with Crippen LogP contribution in [0, 0.1) is 0 Å². The molecule has 0 aliphatic heterocycles. The monoisotopic (exact) mass is 373 g/mol. The van der Waals surface area contributed by atoms with E-state index in [1.165, 1.54) is 22.3 Å². The van der Waals surface area contributed by atoms with E-state index in [9.17, 15) is 0 Å². The summed E-state index contributed by atoms with van der Waals surface area (Å²) in [5.41, 5.74) is 7.05. The Labute approximate surface area is 170 Å². The summed E-state index contributed by atoms with van der Waals surface area (Å²) in [5, 5.41) is 0. The van der Waals surface area contributed by atoms with Gasteiger partial charge in [0.2, 0.25) is 11.4 Å². The van der Waals surface area contributed by atoms with Gasteiger partial charge in [0, 0.05) is 23.3 Å². The van der Waals surface area contributed by atoms with Crippen LogP contribution in [-0.4, -0.2) is 4.68 Å². The predicted molar refractivity (Wildman–Crippen MR) is 118 cm³/mol. The van der Waals surface area contributed by atoms with Crippen molar-refractivity contribution in [2.45, 2.75) is 0 Å². The molecule has 0 radical (unpaired) electrons. The average Bonchev–Trinajstić information content (AvgIpc) is 3.34. The first-order valence-electron chi connectivity index (χ1n) is 9.80. The Morgan fingerprint density at radius 2 is 0.828 bits per heavy atom. The minimum Gasteiger partial charge on any atom is -0.130 e. The molecule has 2 heterocycles. The van der Waals surface area contributed by atoms with Crippen molar-refractivity contribution in [1.82, 2.24) is 4.68 Å². The summed E-state index contributed by atoms with van der Waals surface area (Å²) in [4.78, 5) is 0. The zero-order valence-electron chi connectivity index (χ0n) is 16.0. The van der Waals surface area contributed by atoms with Gasteiger partial charge >= 0.3 is 0 Å². The van der Waals surface area contributed by atoms with E-state index in [4.69, 9.17) is 0 Å². The lowest BCUT2D eigenvalue weighted by Gasteiger charge is -2.12. The Bertz CT molecular complexity index is 1150. The van der Waals surface area contributed by atoms with Gasteiger partial charge in [0.25, 0.3) is 0 Å². The topological polar surface area (TPSA) is 8.81 Å². The summed E-state index contributed by atoms with van der Waals surface area (Å²) >= 11 is 0. The predicted octanol–water partition coefficient (Wildman–Crippen LogP) is 6.09. The van der Waals surface area contributed by atoms with E-state index in [2.05, 4.69) is 137 Å². The molecule has 2 aromatic heterocycles. The summed E-state index contributed by atoms with van der Waals surface area (Å²) in [6.45, 7) is 0. The number of rotatable bonds is 4. The number of hydrogen-bond acceptors (Lipinski definition) is 0. The van der Waals surface area contributed by atoms with Crippen LogP contribution in [0.2, 0.25) is 0 Å². The average molecular weight is 373 g/mol. The number of hydrogen-bond donors (Lipinski definition) is 0. The molecule has 5 rings (SSSR count). The second-order valence-electron chi connectivity index (χ2n) is 6.99. The summed E-state index contributed by atoms with van der Waals surface area (Å²) in [6.07, 6.45) is 4.17. The Balaban J connectivity index is 1.87. The molecule has 0 N–H and O–H groups in total. The Kier molecular flexibility index (Phi) is 4.51. The molecule has 5 aromatic rings. The first-order chi connectivity index (χ1) is 14.4. The van der Waals surface area contributed by atoms with Gasteiger partial charge in [-0.25, -0.2) is 0 Å². The third-order valence-corrected chi connectivity index (χ3v) is 5.11. The van der Waals surface area contributed by atoms with Crippen molar-refractivity contribution in [1.29, 1.82) is 0 Å². The fourth-order valence-corrected chi connectivity index (χ4v) is 3.72. The quantitative estimate of drug-likeness (QED) is 0.337. The molecule has 2 nitrogen and oxygen atoms in total. The molecule has 3 aromatic carbocycles. The first kappa shape index (κ1) is 17.2. The number of nitrogens with zero attached hydrogens (tertiary/aromatic N) is 2. The van der Waals surface area contributed by atoms with Crippen molar-refractivity contribution in [2.24, 2.45) is 0 Å². The van der Waals surface area contributed by atoms with Gasteiger partial charge in [-0.2, -0.15) is 0 Å². The largest absolute Gasteiger partial charge is 0.244 e. The molecule has 0 aliphatic carbocycles. The van der Waals surface area contributed by atoms with E-state index in [-0.39, 0.29) is 0 Å². The van der Waals surface area contributed by atoms with Crippen molar-refractivity contribution in [3.8, 4) is 33.6 Å². The van der Waals surface area contributed by atoms with Crippen LogP contribution in [0.3, 0.4) is 0 Å². The van der Waals surface area contributed by atoms with E-state index in [1.807, 2.05) is 0 Å². The molecule has 0 saturated heterocycles. The van der Waals surface area contributed by atoms with Crippen molar-refractivity contribution in [2.75, 3.05) is 0 Å². The van der Waals surface area contributed by atoms with Crippen LogP contribution in [0.5, 0.6) is 0 Å². The lowest BCUT2D eigenvalue weighted by molar-refractivity contribution is -0.706. The van der Waals surface area contributed by atoms with Gasteiger partial charge < -0.3 is 0 Å². The summed E-state index contributed by atoms with van der Waals surface area (Å²) < 4.78 is 4.41. The second kappa shape index (κ2) is 7.61. The van der Waals surface area contributed by atoms with Gasteiger partial charge in [-0.3, -0.25) is 0 Å². The van der Waals surface area contributed by atoms with E-state index in [0.29, 0.717) is 0 Å². The smallest absolute Gasteiger partial charge is 0.130 e. The molecule has 0 atom stereocenters. The van der Waals surface area contributed by atoms with E-state index >= 15 is 0 Å². The third-order valence-electron chi connectivity index (χ3n) is 5.11. The molecule has 0 spiro atoms. The van der Waals surface area contributed by atoms with Crippen LogP contribution in [0.4, 0.5) is 0 Å². The second-order valence-corrected chi connectivity index (χ2v) is 6.99. The molecule has 0 unspecified atom stereocenters. The zero-order valence-corrected chi connectivity index (χ0v) is 16.0. The Hall–Kier alpha value is -3.91. The minimum absolute atomic E-state index is 1.14. The van der Waals surface area contributed by atoms with Gasteiger partial charge in [-0.1, -0.05) is 71.4 Å². The van der Waals surface area contributed by atoms with Gasteiger partial charge in [0.15, 0.2) is 0 Å². The van der Waals surface area contributed by atoms with Crippen LogP contribution < -0.4 is 4.68 Å². The SMILES string of the molecule is c1ccc(-c2cc(-c3ccccc3)[n+](-n3cccc3)c(-c3ccccc3)c2)cc1. The van der Waals surface area contributed by atoms with Crippen LogP contribution in [0.15, 0.2) is 128 Å². The highest BCUT2D eigenvalue weighted by atomic mass is 15.5. The molecular formula is C27H21N2+. The maximum Gasteiger partial charge on any atom is 0.244 e. The van der Waals surface area contributed by atoms with Crippen molar-refractivity contribution < 1.29 is 4.68 Å². The molecule has 29 heavy (non-hydrogen) atoms. The number of aromatic nitrogens is 2. The molecule has 0 amide bonds. The normalized spacial score (nSPS) is 10.8. The van der Waals surface area contributed by atoms with E-state index in [1.54, 1.807) is 0 Å². The molecule has 138 valence electrons. The van der Waals surface area contributed by atoms with Gasteiger partial charge in [-0.15, -0.1) is 4.68 Å². The van der Waals surface area contributed by atoms with Crippen molar-refractivity contribution >= 4 is 0 Å². The van der Waals surface area contributed by atoms with Gasteiger partial charge in [0.1, 0.15) is 0 Å². The lowest BCUT2D eigenvalue weighted by Crippen LogP contribution is -2.45. The highest BCUT2D eigenvalue weighted by molar-refractivity contribution is 5.73. The Morgan fingerprint density at radius 3 is 1.28 bits per heavy atom. The maximum absolute atomic E-state index is 2.27. The Morgan fingerprint density at radius 1 is 0.414 bits per heavy atom. The lowest BCUT2D eigenvalue weighted by atomic mass is 9.99. The van der Waals surface area contributed by atoms with Crippen LogP contribution in [0.25, 0.3) is 33.6 Å². The van der Waals surface area contributed by atoms with Crippen LogP contribution in [-0.2, 0) is 0 Å². The van der Waals surface area contributed by atoms with Gasteiger partial charge in [0.05, 0.1) is 12.4 Å². The van der Waals surface area contributed by atoms with Crippen molar-refractivity contribution in [3.63, 3.8) is 0 Å². The van der Waals surface area contributed by atoms with E-state index < -0.39 is 0 Å². The molecular weight excluding hydrogens is 352 g/mol. The van der Waals surface area contributed by atoms with Gasteiger partial charge in [-0.05, 0) is 47.5 Å². The van der Waals surface area contributed by atoms with E-state index in [0.717, 1.165) is 11.4 Å². The molecule has 0 aliphatic rings. The summed E-state index contributed by atoms with van der Waals surface area (Å²) in [7, 11) is 0. The van der Waals surface area contributed by atoms with Crippen molar-refractivity contribution in [3.05, 3.63) is 128 Å². The molecule has 0 fully saturated rings. The third kappa shape index (κ3) is 3.37. The minimum atomic E-state index is 1.14. The zero-order chi connectivity index (χ0) is 19.5. The first-order valence-corrected chi connectivity index (χ1v) is 9.80. The summed E-state index contributed by atoms with van der Waals surface area (Å²) in [5.74, 6) is 0. The maximum atomic E-state index is 2.27. The van der Waals surface area contributed by atoms with Crippen LogP contribution in [0.1, 0.15) is 0 Å². The fraction of sp³-hybridized carbons (Fsp3) is 0. The number of pyridine rings is 1. The molecule has 0 bridgehead atoms. The molecule has 0 saturated carbocycles. The van der Waals surface area contributed by atoms with Crippen LogP contribution >= 0.6 is 0 Å². The highest BCUT2D eigenvalue weighted by Gasteiger charge is 2.24. The number of benzene rings is 3.